The third-order valence-corrected chi connectivity index (χ3v) is 4.58. The van der Waals surface area contributed by atoms with Gasteiger partial charge in [-0.25, -0.2) is 9.67 Å². The SMILES string of the molecule is COc1ccccc1C=C(C(=O)Nc1ccc(-n2cncn2)cc1)c1ccccc1. The number of carbonyl (C=O) groups is 1. The van der Waals surface area contributed by atoms with E-state index in [1.54, 1.807) is 18.1 Å². The summed E-state index contributed by atoms with van der Waals surface area (Å²) in [5.41, 5.74) is 3.74. The highest BCUT2D eigenvalue weighted by Gasteiger charge is 2.14. The molecule has 0 aliphatic carbocycles. The van der Waals surface area contributed by atoms with Gasteiger partial charge in [0.1, 0.15) is 18.4 Å². The van der Waals surface area contributed by atoms with Gasteiger partial charge in [0.15, 0.2) is 0 Å². The summed E-state index contributed by atoms with van der Waals surface area (Å²) in [6.07, 6.45) is 4.94. The topological polar surface area (TPSA) is 69.0 Å². The van der Waals surface area contributed by atoms with Crippen LogP contribution in [0.15, 0.2) is 91.5 Å². The predicted molar refractivity (Wildman–Crippen MR) is 117 cm³/mol. The van der Waals surface area contributed by atoms with Crippen LogP contribution in [0.25, 0.3) is 17.3 Å². The smallest absolute Gasteiger partial charge is 0.256 e. The zero-order valence-corrected chi connectivity index (χ0v) is 16.4. The van der Waals surface area contributed by atoms with E-state index in [1.165, 1.54) is 6.33 Å². The van der Waals surface area contributed by atoms with E-state index in [4.69, 9.17) is 4.74 Å². The van der Waals surface area contributed by atoms with Crippen LogP contribution in [0.5, 0.6) is 5.75 Å². The number of anilines is 1. The molecule has 0 atom stereocenters. The van der Waals surface area contributed by atoms with Crippen molar-refractivity contribution in [1.82, 2.24) is 14.8 Å². The molecule has 0 spiro atoms. The highest BCUT2D eigenvalue weighted by atomic mass is 16.5. The Hall–Kier alpha value is -4.19. The number of benzene rings is 3. The minimum atomic E-state index is -0.208. The lowest BCUT2D eigenvalue weighted by molar-refractivity contribution is -0.111. The number of hydrogen-bond acceptors (Lipinski definition) is 4. The number of amides is 1. The molecule has 0 fully saturated rings. The number of aromatic nitrogens is 3. The summed E-state index contributed by atoms with van der Waals surface area (Å²) in [5, 5.41) is 7.08. The first-order valence-corrected chi connectivity index (χ1v) is 9.41. The number of nitrogens with zero attached hydrogens (tertiary/aromatic N) is 3. The molecule has 1 N–H and O–H groups in total. The Balaban J connectivity index is 1.64. The van der Waals surface area contributed by atoms with Gasteiger partial charge in [0, 0.05) is 16.8 Å². The van der Waals surface area contributed by atoms with E-state index < -0.39 is 0 Å². The molecule has 4 aromatic rings. The summed E-state index contributed by atoms with van der Waals surface area (Å²) < 4.78 is 7.09. The maximum atomic E-state index is 13.2. The van der Waals surface area contributed by atoms with E-state index in [2.05, 4.69) is 15.4 Å². The summed E-state index contributed by atoms with van der Waals surface area (Å²) in [6.45, 7) is 0. The molecule has 6 heteroatoms. The molecule has 6 nitrogen and oxygen atoms in total. The van der Waals surface area contributed by atoms with Gasteiger partial charge in [-0.05, 0) is 42.0 Å². The Bertz CT molecular complexity index is 1150. The third-order valence-electron chi connectivity index (χ3n) is 4.58. The molecule has 0 saturated heterocycles. The van der Waals surface area contributed by atoms with Crippen molar-refractivity contribution in [3.8, 4) is 11.4 Å². The van der Waals surface area contributed by atoms with Crippen molar-refractivity contribution in [1.29, 1.82) is 0 Å². The molecule has 4 rings (SSSR count). The van der Waals surface area contributed by atoms with Gasteiger partial charge in [-0.15, -0.1) is 0 Å². The molecule has 30 heavy (non-hydrogen) atoms. The van der Waals surface area contributed by atoms with Gasteiger partial charge in [0.25, 0.3) is 5.91 Å². The van der Waals surface area contributed by atoms with Crippen LogP contribution in [-0.4, -0.2) is 27.8 Å². The highest BCUT2D eigenvalue weighted by Crippen LogP contribution is 2.26. The molecule has 0 bridgehead atoms. The molecule has 0 unspecified atom stereocenters. The molecule has 148 valence electrons. The summed E-state index contributed by atoms with van der Waals surface area (Å²) in [4.78, 5) is 17.1. The first kappa shape index (κ1) is 19.1. The minimum absolute atomic E-state index is 0.208. The quantitative estimate of drug-likeness (QED) is 0.386. The van der Waals surface area contributed by atoms with Gasteiger partial charge in [0.2, 0.25) is 0 Å². The molecule has 0 radical (unpaired) electrons. The Morgan fingerprint density at radius 2 is 1.70 bits per heavy atom. The van der Waals surface area contributed by atoms with E-state index in [0.29, 0.717) is 17.0 Å². The summed E-state index contributed by atoms with van der Waals surface area (Å²) in [5.74, 6) is 0.497. The fourth-order valence-corrected chi connectivity index (χ4v) is 3.08. The van der Waals surface area contributed by atoms with E-state index in [9.17, 15) is 4.79 Å². The van der Waals surface area contributed by atoms with Gasteiger partial charge in [-0.3, -0.25) is 4.79 Å². The lowest BCUT2D eigenvalue weighted by Crippen LogP contribution is -2.13. The molecule has 3 aromatic carbocycles. The Morgan fingerprint density at radius 1 is 0.967 bits per heavy atom. The van der Waals surface area contributed by atoms with Crippen molar-refractivity contribution in [3.05, 3.63) is 103 Å². The van der Waals surface area contributed by atoms with E-state index >= 15 is 0 Å². The third kappa shape index (κ3) is 4.28. The Morgan fingerprint density at radius 3 is 2.40 bits per heavy atom. The van der Waals surface area contributed by atoms with Crippen molar-refractivity contribution in [2.75, 3.05) is 12.4 Å². The van der Waals surface area contributed by atoms with Gasteiger partial charge in [-0.1, -0.05) is 48.5 Å². The van der Waals surface area contributed by atoms with E-state index in [-0.39, 0.29) is 5.91 Å². The molecule has 1 heterocycles. The monoisotopic (exact) mass is 396 g/mol. The van der Waals surface area contributed by atoms with Crippen molar-refractivity contribution in [2.45, 2.75) is 0 Å². The predicted octanol–water partition coefficient (Wildman–Crippen LogP) is 4.46. The number of rotatable bonds is 6. The second-order valence-corrected chi connectivity index (χ2v) is 6.51. The fraction of sp³-hybridized carbons (Fsp3) is 0.0417. The van der Waals surface area contributed by atoms with Crippen LogP contribution in [0.3, 0.4) is 0 Å². The Labute approximate surface area is 174 Å². The van der Waals surface area contributed by atoms with Crippen LogP contribution >= 0.6 is 0 Å². The summed E-state index contributed by atoms with van der Waals surface area (Å²) >= 11 is 0. The maximum absolute atomic E-state index is 13.2. The van der Waals surface area contributed by atoms with Crippen LogP contribution < -0.4 is 10.1 Å². The molecular formula is C24H20N4O2. The van der Waals surface area contributed by atoms with E-state index in [0.717, 1.165) is 16.8 Å². The fourth-order valence-electron chi connectivity index (χ4n) is 3.08. The van der Waals surface area contributed by atoms with Crippen LogP contribution in [0.4, 0.5) is 5.69 Å². The largest absolute Gasteiger partial charge is 0.496 e. The van der Waals surface area contributed by atoms with Crippen molar-refractivity contribution >= 4 is 23.2 Å². The number of nitrogens with one attached hydrogen (secondary N) is 1. The number of methoxy groups -OCH3 is 1. The molecule has 0 saturated carbocycles. The molecular weight excluding hydrogens is 376 g/mol. The maximum Gasteiger partial charge on any atom is 0.256 e. The number of para-hydroxylation sites is 1. The molecule has 0 aliphatic heterocycles. The second kappa shape index (κ2) is 8.87. The van der Waals surface area contributed by atoms with Gasteiger partial charge >= 0.3 is 0 Å². The summed E-state index contributed by atoms with van der Waals surface area (Å²) in [6, 6.07) is 24.6. The Kier molecular flexibility index (Phi) is 5.66. The first-order valence-electron chi connectivity index (χ1n) is 9.41. The second-order valence-electron chi connectivity index (χ2n) is 6.51. The average Bonchev–Trinajstić information content (AvgIpc) is 3.34. The van der Waals surface area contributed by atoms with Crippen LogP contribution in [-0.2, 0) is 4.79 Å². The zero-order valence-electron chi connectivity index (χ0n) is 16.4. The summed E-state index contributed by atoms with van der Waals surface area (Å²) in [7, 11) is 1.62. The normalized spacial score (nSPS) is 11.2. The number of ether oxygens (including phenoxy) is 1. The van der Waals surface area contributed by atoms with Gasteiger partial charge in [-0.2, -0.15) is 5.10 Å². The number of carbonyl (C=O) groups excluding carboxylic acids is 1. The highest BCUT2D eigenvalue weighted by molar-refractivity contribution is 6.29. The van der Waals surface area contributed by atoms with Crippen molar-refractivity contribution in [2.24, 2.45) is 0 Å². The minimum Gasteiger partial charge on any atom is -0.496 e. The van der Waals surface area contributed by atoms with Crippen LogP contribution in [0, 0.1) is 0 Å². The van der Waals surface area contributed by atoms with Gasteiger partial charge in [0.05, 0.1) is 12.8 Å². The zero-order chi connectivity index (χ0) is 20.8. The average molecular weight is 396 g/mol. The van der Waals surface area contributed by atoms with Crippen LogP contribution in [0.2, 0.25) is 0 Å². The van der Waals surface area contributed by atoms with Crippen molar-refractivity contribution < 1.29 is 9.53 Å². The van der Waals surface area contributed by atoms with Gasteiger partial charge < -0.3 is 10.1 Å². The molecule has 1 amide bonds. The van der Waals surface area contributed by atoms with Crippen LogP contribution in [0.1, 0.15) is 11.1 Å². The lowest BCUT2D eigenvalue weighted by Gasteiger charge is -2.12. The molecule has 0 aliphatic rings. The standard InChI is InChI=1S/C24H20N4O2/c1-30-23-10-6-5-9-19(23)15-22(18-7-3-2-4-8-18)24(29)27-20-11-13-21(14-12-20)28-17-25-16-26-28/h2-17H,1H3,(H,27,29). The first-order chi connectivity index (χ1) is 14.7. The van der Waals surface area contributed by atoms with E-state index in [1.807, 2.05) is 84.9 Å². The number of hydrogen-bond donors (Lipinski definition) is 1. The van der Waals surface area contributed by atoms with Crippen molar-refractivity contribution in [3.63, 3.8) is 0 Å². The lowest BCUT2D eigenvalue weighted by atomic mass is 10.0. The molecule has 1 aromatic heterocycles.